The van der Waals surface area contributed by atoms with Crippen molar-refractivity contribution in [3.63, 3.8) is 0 Å². The summed E-state index contributed by atoms with van der Waals surface area (Å²) in [5.41, 5.74) is 0.966. The van der Waals surface area contributed by atoms with Gasteiger partial charge in [-0.2, -0.15) is 18.2 Å². The molecule has 1 heterocycles. The Morgan fingerprint density at radius 3 is 2.92 bits per heavy atom. The maximum atomic E-state index is 4.05. The zero-order valence-corrected chi connectivity index (χ0v) is 10.4. The summed E-state index contributed by atoms with van der Waals surface area (Å²) in [6, 6.07) is 8.58. The molecule has 0 saturated heterocycles. The molecule has 12 heavy (non-hydrogen) atoms. The first kappa shape index (κ1) is 12.2. The van der Waals surface area contributed by atoms with E-state index in [2.05, 4.69) is 16.0 Å². The Labute approximate surface area is 115 Å². The summed E-state index contributed by atoms with van der Waals surface area (Å²) in [5, 5.41) is 1.03. The van der Waals surface area contributed by atoms with Crippen molar-refractivity contribution in [2.24, 2.45) is 0 Å². The van der Waals surface area contributed by atoms with Crippen molar-refractivity contribution in [2.75, 3.05) is 0 Å². The number of hydrogen-bond donors (Lipinski definition) is 0. The molecule has 1 aromatic heterocycles. The molecule has 2 aromatic rings. The molecule has 0 N–H and O–H groups in total. The molecular formula is C9H8KN2-. The molecule has 0 aliphatic carbocycles. The summed E-state index contributed by atoms with van der Waals surface area (Å²) in [7, 11) is 0. The van der Waals surface area contributed by atoms with Gasteiger partial charge < -0.3 is 7.43 Å². The number of rotatable bonds is 0. The fraction of sp³-hybridized carbons (Fsp3) is 0. The van der Waals surface area contributed by atoms with E-state index in [-0.39, 0.29) is 58.8 Å². The minimum atomic E-state index is 0. The van der Waals surface area contributed by atoms with Crippen LogP contribution in [0.5, 0.6) is 0 Å². The normalized spacial score (nSPS) is 8.33. The van der Waals surface area contributed by atoms with E-state index in [0.29, 0.717) is 0 Å². The SMILES string of the molecule is [CH3-].[K+].[c-]1ccc2ncncc2c1. The first-order chi connectivity index (χ1) is 4.97. The molecule has 3 heteroatoms. The summed E-state index contributed by atoms with van der Waals surface area (Å²) in [6.45, 7) is 0. The molecule has 0 unspecified atom stereocenters. The molecule has 0 spiro atoms. The van der Waals surface area contributed by atoms with Gasteiger partial charge in [0.05, 0.1) is 0 Å². The molecule has 0 aliphatic rings. The van der Waals surface area contributed by atoms with Crippen molar-refractivity contribution < 1.29 is 51.4 Å². The Morgan fingerprint density at radius 2 is 2.17 bits per heavy atom. The van der Waals surface area contributed by atoms with Gasteiger partial charge in [0.1, 0.15) is 6.33 Å². The smallest absolute Gasteiger partial charge is 0.358 e. The van der Waals surface area contributed by atoms with Gasteiger partial charge in [0.2, 0.25) is 0 Å². The fourth-order valence-corrected chi connectivity index (χ4v) is 0.865. The van der Waals surface area contributed by atoms with Gasteiger partial charge in [0, 0.05) is 0 Å². The van der Waals surface area contributed by atoms with Crippen LogP contribution in [-0.2, 0) is 0 Å². The second-order valence-electron chi connectivity index (χ2n) is 2.01. The molecule has 0 atom stereocenters. The largest absolute Gasteiger partial charge is 1.00 e. The topological polar surface area (TPSA) is 25.8 Å². The number of benzene rings is 1. The van der Waals surface area contributed by atoms with Crippen LogP contribution in [0.25, 0.3) is 10.9 Å². The van der Waals surface area contributed by atoms with E-state index in [0.717, 1.165) is 10.9 Å². The van der Waals surface area contributed by atoms with E-state index in [1.54, 1.807) is 12.5 Å². The number of fused-ring (bicyclic) bond motifs is 1. The van der Waals surface area contributed by atoms with Crippen LogP contribution in [0.2, 0.25) is 0 Å². The average Bonchev–Trinajstić information content (AvgIpc) is 2.05. The average molecular weight is 183 g/mol. The van der Waals surface area contributed by atoms with Crippen molar-refractivity contribution in [2.45, 2.75) is 0 Å². The van der Waals surface area contributed by atoms with Gasteiger partial charge >= 0.3 is 51.4 Å². The van der Waals surface area contributed by atoms with E-state index in [9.17, 15) is 0 Å². The van der Waals surface area contributed by atoms with Gasteiger partial charge in [-0.05, 0) is 11.7 Å². The quantitative estimate of drug-likeness (QED) is 0.382. The summed E-state index contributed by atoms with van der Waals surface area (Å²) in [4.78, 5) is 7.93. The maximum absolute atomic E-state index is 4.05. The Morgan fingerprint density at radius 1 is 1.33 bits per heavy atom. The monoisotopic (exact) mass is 183 g/mol. The molecule has 0 saturated carbocycles. The van der Waals surface area contributed by atoms with Crippen LogP contribution < -0.4 is 51.4 Å². The Hall–Kier alpha value is 0.196. The van der Waals surface area contributed by atoms with Gasteiger partial charge in [-0.15, -0.1) is 6.07 Å². The summed E-state index contributed by atoms with van der Waals surface area (Å²) in [6.07, 6.45) is 3.32. The predicted octanol–water partition coefficient (Wildman–Crippen LogP) is -1.12. The zero-order valence-electron chi connectivity index (χ0n) is 7.28. The molecule has 0 amide bonds. The maximum Gasteiger partial charge on any atom is 1.00 e. The van der Waals surface area contributed by atoms with Crippen LogP contribution in [0.3, 0.4) is 0 Å². The third kappa shape index (κ3) is 2.60. The molecular weight excluding hydrogens is 175 g/mol. The van der Waals surface area contributed by atoms with E-state index in [4.69, 9.17) is 0 Å². The zero-order chi connectivity index (χ0) is 6.81. The predicted molar refractivity (Wildman–Crippen MR) is 44.8 cm³/mol. The van der Waals surface area contributed by atoms with Crippen LogP contribution in [0.4, 0.5) is 0 Å². The third-order valence-electron chi connectivity index (χ3n) is 1.35. The standard InChI is InChI=1S/C8H5N2.CH3.K/c1-2-4-8-7(3-1)5-9-6-10-8;;/h2-6H;1H3;/q2*-1;+1. The van der Waals surface area contributed by atoms with E-state index < -0.39 is 0 Å². The molecule has 0 fully saturated rings. The summed E-state index contributed by atoms with van der Waals surface area (Å²) >= 11 is 0. The number of hydrogen-bond acceptors (Lipinski definition) is 2. The molecule has 56 valence electrons. The number of aromatic nitrogens is 2. The van der Waals surface area contributed by atoms with Crippen molar-refractivity contribution in [3.8, 4) is 0 Å². The Balaban J connectivity index is 0.000000605. The van der Waals surface area contributed by atoms with Gasteiger partial charge in [-0.1, -0.05) is 5.39 Å². The van der Waals surface area contributed by atoms with Gasteiger partial charge in [-0.25, -0.2) is 0 Å². The molecule has 2 rings (SSSR count). The third-order valence-corrected chi connectivity index (χ3v) is 1.35. The minimum Gasteiger partial charge on any atom is -0.358 e. The van der Waals surface area contributed by atoms with Crippen LogP contribution in [0, 0.1) is 13.5 Å². The van der Waals surface area contributed by atoms with Gasteiger partial charge in [-0.3, -0.25) is 9.97 Å². The Kier molecular flexibility index (Phi) is 5.87. The molecule has 2 nitrogen and oxygen atoms in total. The molecule has 0 aliphatic heterocycles. The molecule has 1 aromatic carbocycles. The van der Waals surface area contributed by atoms with Crippen molar-refractivity contribution >= 4 is 10.9 Å². The second kappa shape index (κ2) is 5.78. The van der Waals surface area contributed by atoms with E-state index >= 15 is 0 Å². The summed E-state index contributed by atoms with van der Waals surface area (Å²) < 4.78 is 0. The van der Waals surface area contributed by atoms with Gasteiger partial charge in [0.25, 0.3) is 0 Å². The van der Waals surface area contributed by atoms with Crippen LogP contribution in [0.15, 0.2) is 30.7 Å². The van der Waals surface area contributed by atoms with Crippen LogP contribution in [-0.4, -0.2) is 9.97 Å². The number of nitrogens with zero attached hydrogens (tertiary/aromatic N) is 2. The second-order valence-corrected chi connectivity index (χ2v) is 2.01. The molecule has 0 radical (unpaired) electrons. The van der Waals surface area contributed by atoms with Crippen LogP contribution in [0.1, 0.15) is 0 Å². The van der Waals surface area contributed by atoms with E-state index in [1.165, 1.54) is 0 Å². The first-order valence-corrected chi connectivity index (χ1v) is 3.02. The summed E-state index contributed by atoms with van der Waals surface area (Å²) in [5.74, 6) is 0. The van der Waals surface area contributed by atoms with E-state index in [1.807, 2.05) is 18.2 Å². The van der Waals surface area contributed by atoms with Crippen molar-refractivity contribution in [1.29, 1.82) is 0 Å². The van der Waals surface area contributed by atoms with Gasteiger partial charge in [0.15, 0.2) is 0 Å². The molecule has 0 bridgehead atoms. The van der Waals surface area contributed by atoms with Crippen LogP contribution >= 0.6 is 0 Å². The van der Waals surface area contributed by atoms with Crippen molar-refractivity contribution in [3.05, 3.63) is 44.2 Å². The van der Waals surface area contributed by atoms with Crippen molar-refractivity contribution in [1.82, 2.24) is 9.97 Å². The first-order valence-electron chi connectivity index (χ1n) is 3.02. The fourth-order valence-electron chi connectivity index (χ4n) is 0.865. The minimum absolute atomic E-state index is 0. The Bertz CT molecular complexity index is 284.